The van der Waals surface area contributed by atoms with Crippen molar-refractivity contribution in [1.29, 1.82) is 0 Å². The summed E-state index contributed by atoms with van der Waals surface area (Å²) in [6.45, 7) is 1.18. The molecule has 0 radical (unpaired) electrons. The van der Waals surface area contributed by atoms with Gasteiger partial charge in [-0.15, -0.1) is 0 Å². The predicted octanol–water partition coefficient (Wildman–Crippen LogP) is 1.75. The first-order chi connectivity index (χ1) is 11.2. The highest BCUT2D eigenvalue weighted by Crippen LogP contribution is 2.31. The van der Waals surface area contributed by atoms with Gasteiger partial charge in [-0.3, -0.25) is 9.59 Å². The number of carbonyl (C=O) groups is 2. The second kappa shape index (κ2) is 7.02. The van der Waals surface area contributed by atoms with Crippen LogP contribution >= 0.6 is 0 Å². The van der Waals surface area contributed by atoms with E-state index >= 15 is 0 Å². The SMILES string of the molecule is COc1ccccc1CCNC(=O)[C@@H]1CCC(=O)N(C2CC2)C1. The van der Waals surface area contributed by atoms with Crippen LogP contribution in [0.3, 0.4) is 0 Å². The molecule has 2 amide bonds. The number of piperidine rings is 1. The molecule has 124 valence electrons. The smallest absolute Gasteiger partial charge is 0.224 e. The number of benzene rings is 1. The van der Waals surface area contributed by atoms with E-state index < -0.39 is 0 Å². The molecular formula is C18H24N2O3. The fraction of sp³-hybridized carbons (Fsp3) is 0.556. The van der Waals surface area contributed by atoms with E-state index in [2.05, 4.69) is 5.32 Å². The maximum Gasteiger partial charge on any atom is 0.224 e. The number of likely N-dealkylation sites (tertiary alicyclic amines) is 1. The fourth-order valence-electron chi connectivity index (χ4n) is 3.20. The summed E-state index contributed by atoms with van der Waals surface area (Å²) in [5.74, 6) is 1.07. The van der Waals surface area contributed by atoms with Crippen LogP contribution in [0.15, 0.2) is 24.3 Å². The molecule has 1 atom stereocenters. The summed E-state index contributed by atoms with van der Waals surface area (Å²) >= 11 is 0. The van der Waals surface area contributed by atoms with Crippen LogP contribution in [-0.2, 0) is 16.0 Å². The van der Waals surface area contributed by atoms with Crippen LogP contribution in [0.2, 0.25) is 0 Å². The summed E-state index contributed by atoms with van der Waals surface area (Å²) in [6, 6.07) is 8.25. The Morgan fingerprint density at radius 3 is 2.83 bits per heavy atom. The summed E-state index contributed by atoms with van der Waals surface area (Å²) in [5, 5.41) is 3.01. The van der Waals surface area contributed by atoms with Gasteiger partial charge in [-0.2, -0.15) is 0 Å². The summed E-state index contributed by atoms with van der Waals surface area (Å²) in [4.78, 5) is 26.2. The van der Waals surface area contributed by atoms with Gasteiger partial charge in [0.1, 0.15) is 5.75 Å². The molecule has 1 aliphatic heterocycles. The summed E-state index contributed by atoms with van der Waals surface area (Å²) in [5.41, 5.74) is 1.09. The van der Waals surface area contributed by atoms with Crippen molar-refractivity contribution in [3.05, 3.63) is 29.8 Å². The van der Waals surface area contributed by atoms with Crippen molar-refractivity contribution in [2.45, 2.75) is 38.1 Å². The zero-order valence-electron chi connectivity index (χ0n) is 13.6. The van der Waals surface area contributed by atoms with Gasteiger partial charge in [-0.05, 0) is 37.3 Å². The third kappa shape index (κ3) is 3.84. The largest absolute Gasteiger partial charge is 0.496 e. The number of para-hydroxylation sites is 1. The molecule has 0 spiro atoms. The maximum absolute atomic E-state index is 12.4. The van der Waals surface area contributed by atoms with Gasteiger partial charge >= 0.3 is 0 Å². The van der Waals surface area contributed by atoms with Gasteiger partial charge in [-0.1, -0.05) is 18.2 Å². The lowest BCUT2D eigenvalue weighted by Gasteiger charge is -2.32. The van der Waals surface area contributed by atoms with Gasteiger partial charge in [0.25, 0.3) is 0 Å². The highest BCUT2D eigenvalue weighted by atomic mass is 16.5. The molecule has 1 saturated carbocycles. The minimum absolute atomic E-state index is 0.0639. The van der Waals surface area contributed by atoms with Crippen LogP contribution in [0, 0.1) is 5.92 Å². The molecule has 0 aromatic heterocycles. The van der Waals surface area contributed by atoms with Gasteiger partial charge in [0.05, 0.1) is 13.0 Å². The van der Waals surface area contributed by atoms with Crippen molar-refractivity contribution in [3.63, 3.8) is 0 Å². The van der Waals surface area contributed by atoms with E-state index in [0.717, 1.165) is 30.6 Å². The number of nitrogens with zero attached hydrogens (tertiary/aromatic N) is 1. The van der Waals surface area contributed by atoms with Crippen molar-refractivity contribution < 1.29 is 14.3 Å². The van der Waals surface area contributed by atoms with E-state index in [-0.39, 0.29) is 17.7 Å². The molecule has 1 N–H and O–H groups in total. The molecule has 5 heteroatoms. The Bertz CT molecular complexity index is 583. The van der Waals surface area contributed by atoms with Gasteiger partial charge in [0.2, 0.25) is 11.8 Å². The number of carbonyl (C=O) groups excluding carboxylic acids is 2. The Hall–Kier alpha value is -2.04. The number of hydrogen-bond acceptors (Lipinski definition) is 3. The zero-order valence-corrected chi connectivity index (χ0v) is 13.6. The van der Waals surface area contributed by atoms with Crippen molar-refractivity contribution in [2.24, 2.45) is 5.92 Å². The summed E-state index contributed by atoms with van der Waals surface area (Å²) in [6.07, 6.45) is 4.10. The van der Waals surface area contributed by atoms with Crippen molar-refractivity contribution in [2.75, 3.05) is 20.2 Å². The molecule has 1 aromatic carbocycles. The second-order valence-electron chi connectivity index (χ2n) is 6.37. The molecule has 23 heavy (non-hydrogen) atoms. The second-order valence-corrected chi connectivity index (χ2v) is 6.37. The Morgan fingerprint density at radius 1 is 1.30 bits per heavy atom. The third-order valence-corrected chi connectivity index (χ3v) is 4.69. The van der Waals surface area contributed by atoms with Gasteiger partial charge in [0.15, 0.2) is 0 Å². The first-order valence-electron chi connectivity index (χ1n) is 8.38. The van der Waals surface area contributed by atoms with E-state index in [9.17, 15) is 9.59 Å². The molecule has 2 fully saturated rings. The lowest BCUT2D eigenvalue weighted by molar-refractivity contribution is -0.138. The highest BCUT2D eigenvalue weighted by Gasteiger charge is 2.38. The number of rotatable bonds is 6. The van der Waals surface area contributed by atoms with E-state index in [1.54, 1.807) is 7.11 Å². The summed E-state index contributed by atoms with van der Waals surface area (Å²) in [7, 11) is 1.66. The molecule has 1 saturated heterocycles. The van der Waals surface area contributed by atoms with Crippen LogP contribution in [-0.4, -0.2) is 43.0 Å². The predicted molar refractivity (Wildman–Crippen MR) is 87.2 cm³/mol. The van der Waals surface area contributed by atoms with Crippen molar-refractivity contribution in [3.8, 4) is 5.75 Å². The molecule has 3 rings (SSSR count). The highest BCUT2D eigenvalue weighted by molar-refractivity contribution is 5.84. The number of methoxy groups -OCH3 is 1. The monoisotopic (exact) mass is 316 g/mol. The minimum Gasteiger partial charge on any atom is -0.496 e. The molecule has 1 aliphatic carbocycles. The first kappa shape index (κ1) is 15.8. The minimum atomic E-state index is -0.0639. The van der Waals surface area contributed by atoms with E-state index in [1.807, 2.05) is 29.2 Å². The average molecular weight is 316 g/mol. The van der Waals surface area contributed by atoms with Crippen LogP contribution < -0.4 is 10.1 Å². The van der Waals surface area contributed by atoms with Gasteiger partial charge < -0.3 is 15.0 Å². The van der Waals surface area contributed by atoms with E-state index in [4.69, 9.17) is 4.74 Å². The number of ether oxygens (including phenoxy) is 1. The third-order valence-electron chi connectivity index (χ3n) is 4.69. The van der Waals surface area contributed by atoms with Crippen molar-refractivity contribution in [1.82, 2.24) is 10.2 Å². The number of nitrogens with one attached hydrogen (secondary N) is 1. The first-order valence-corrected chi connectivity index (χ1v) is 8.38. The average Bonchev–Trinajstić information content (AvgIpc) is 3.40. The molecule has 0 unspecified atom stereocenters. The van der Waals surface area contributed by atoms with E-state index in [0.29, 0.717) is 32.0 Å². The molecule has 0 bridgehead atoms. The number of amides is 2. The Labute approximate surface area is 137 Å². The lowest BCUT2D eigenvalue weighted by atomic mass is 9.96. The molecule has 1 heterocycles. The lowest BCUT2D eigenvalue weighted by Crippen LogP contribution is -2.46. The van der Waals surface area contributed by atoms with Crippen LogP contribution in [0.25, 0.3) is 0 Å². The van der Waals surface area contributed by atoms with Crippen LogP contribution in [0.1, 0.15) is 31.2 Å². The van der Waals surface area contributed by atoms with E-state index in [1.165, 1.54) is 0 Å². The molecule has 1 aromatic rings. The summed E-state index contributed by atoms with van der Waals surface area (Å²) < 4.78 is 5.32. The van der Waals surface area contributed by atoms with Gasteiger partial charge in [-0.25, -0.2) is 0 Å². The molecule has 2 aliphatic rings. The Morgan fingerprint density at radius 2 is 2.09 bits per heavy atom. The zero-order chi connectivity index (χ0) is 16.2. The van der Waals surface area contributed by atoms with Crippen LogP contribution in [0.4, 0.5) is 0 Å². The molecule has 5 nitrogen and oxygen atoms in total. The Balaban J connectivity index is 1.48. The molecular weight excluding hydrogens is 292 g/mol. The van der Waals surface area contributed by atoms with Gasteiger partial charge in [0, 0.05) is 25.6 Å². The maximum atomic E-state index is 12.4. The van der Waals surface area contributed by atoms with Crippen molar-refractivity contribution >= 4 is 11.8 Å². The topological polar surface area (TPSA) is 58.6 Å². The Kier molecular flexibility index (Phi) is 4.84. The normalized spacial score (nSPS) is 21.2. The standard InChI is InChI=1S/C18H24N2O3/c1-23-16-5-3-2-4-13(16)10-11-19-18(22)14-6-9-17(21)20(12-14)15-7-8-15/h2-5,14-15H,6-12H2,1H3,(H,19,22)/t14-/m1/s1. The number of hydrogen-bond donors (Lipinski definition) is 1. The quantitative estimate of drug-likeness (QED) is 0.870. The fourth-order valence-corrected chi connectivity index (χ4v) is 3.20. The van der Waals surface area contributed by atoms with Crippen LogP contribution in [0.5, 0.6) is 5.75 Å².